The number of alkyl halides is 2. The molecule has 0 bridgehead atoms. The number of ether oxygens (including phenoxy) is 1. The number of carboxylic acid groups (broad SMARTS) is 1. The van der Waals surface area contributed by atoms with E-state index >= 15 is 0 Å². The molecule has 0 aliphatic rings. The highest BCUT2D eigenvalue weighted by atomic mass is 35.5. The fourth-order valence-electron chi connectivity index (χ4n) is 3.98. The van der Waals surface area contributed by atoms with Crippen molar-refractivity contribution >= 4 is 50.1 Å². The number of nitrogens with zero attached hydrogens (tertiary/aromatic N) is 1. The van der Waals surface area contributed by atoms with E-state index in [0.29, 0.717) is 33.5 Å². The molecule has 0 amide bonds. The highest BCUT2D eigenvalue weighted by Gasteiger charge is 2.23. The number of aromatic carboxylic acids is 1. The Morgan fingerprint density at radius 1 is 1.00 bits per heavy atom. The fourth-order valence-corrected chi connectivity index (χ4v) is 5.89. The van der Waals surface area contributed by atoms with Gasteiger partial charge in [0.1, 0.15) is 17.9 Å². The Morgan fingerprint density at radius 2 is 1.78 bits per heavy atom. The van der Waals surface area contributed by atoms with Crippen LogP contribution in [-0.2, 0) is 34.9 Å². The molecule has 1 heterocycles. The Hall–Kier alpha value is -3.17. The van der Waals surface area contributed by atoms with Crippen LogP contribution in [0, 0.1) is 6.92 Å². The molecule has 0 atom stereocenters. The molecule has 0 aliphatic carbocycles. The Labute approximate surface area is 225 Å². The van der Waals surface area contributed by atoms with Crippen molar-refractivity contribution in [2.24, 2.45) is 0 Å². The molecule has 0 saturated heterocycles. The second-order valence-corrected chi connectivity index (χ2v) is 10.6. The Bertz CT molecular complexity index is 1570. The van der Waals surface area contributed by atoms with Crippen molar-refractivity contribution in [2.75, 3.05) is 0 Å². The number of halogens is 2. The number of nitrogens with one attached hydrogen (secondary N) is 1. The van der Waals surface area contributed by atoms with Gasteiger partial charge in [0, 0.05) is 29.4 Å². The number of hydrogen-bond donors (Lipinski definition) is 2. The van der Waals surface area contributed by atoms with E-state index in [4.69, 9.17) is 27.9 Å². The minimum Gasteiger partial charge on any atom is -0.487 e. The number of para-hydroxylation sites is 1. The van der Waals surface area contributed by atoms with Gasteiger partial charge < -0.3 is 9.84 Å². The molecular weight excluding hydrogens is 535 g/mol. The van der Waals surface area contributed by atoms with Crippen LogP contribution in [0.15, 0.2) is 71.6 Å². The number of fused-ring (bicyclic) bond motifs is 1. The molecule has 4 aromatic rings. The van der Waals surface area contributed by atoms with Crippen molar-refractivity contribution in [3.05, 3.63) is 100 Å². The van der Waals surface area contributed by atoms with Gasteiger partial charge in [-0.3, -0.25) is 0 Å². The molecule has 0 fully saturated rings. The summed E-state index contributed by atoms with van der Waals surface area (Å²) in [6.07, 6.45) is 0. The van der Waals surface area contributed by atoms with Gasteiger partial charge >= 0.3 is 5.97 Å². The summed E-state index contributed by atoms with van der Waals surface area (Å²) in [6, 6.07) is 18.7. The van der Waals surface area contributed by atoms with Gasteiger partial charge in [-0.25, -0.2) is 22.9 Å². The number of rotatable bonds is 10. The third-order valence-corrected chi connectivity index (χ3v) is 7.93. The first kappa shape index (κ1) is 26.9. The van der Waals surface area contributed by atoms with E-state index < -0.39 is 16.0 Å². The summed E-state index contributed by atoms with van der Waals surface area (Å²) in [4.78, 5) is 15.8. The Morgan fingerprint density at radius 3 is 2.51 bits per heavy atom. The van der Waals surface area contributed by atoms with Gasteiger partial charge in [-0.1, -0.05) is 36.4 Å². The molecule has 7 nitrogen and oxygen atoms in total. The van der Waals surface area contributed by atoms with Crippen LogP contribution >= 0.6 is 23.2 Å². The van der Waals surface area contributed by atoms with Crippen LogP contribution < -0.4 is 9.46 Å². The highest BCUT2D eigenvalue weighted by molar-refractivity contribution is 7.89. The summed E-state index contributed by atoms with van der Waals surface area (Å²) in [5.74, 6) is -0.467. The average molecular weight is 559 g/mol. The van der Waals surface area contributed by atoms with Crippen LogP contribution in [0.1, 0.15) is 38.3 Å². The number of hydrogen-bond acceptors (Lipinski definition) is 5. The number of carbonyl (C=O) groups is 1. The predicted octanol–water partition coefficient (Wildman–Crippen LogP) is 5.78. The summed E-state index contributed by atoms with van der Waals surface area (Å²) < 4.78 is 35.2. The minimum atomic E-state index is -4.00. The smallest absolute Gasteiger partial charge is 0.335 e. The maximum absolute atomic E-state index is 13.3. The van der Waals surface area contributed by atoms with Crippen molar-refractivity contribution in [3.63, 3.8) is 0 Å². The minimum absolute atomic E-state index is 0.0104. The zero-order valence-corrected chi connectivity index (χ0v) is 22.2. The van der Waals surface area contributed by atoms with Crippen LogP contribution in [-0.4, -0.2) is 24.5 Å². The quantitative estimate of drug-likeness (QED) is 0.239. The molecule has 0 aliphatic heterocycles. The lowest BCUT2D eigenvalue weighted by atomic mass is 10.0. The third kappa shape index (κ3) is 6.05. The summed E-state index contributed by atoms with van der Waals surface area (Å²) in [6.45, 7) is 1.85. The van der Waals surface area contributed by atoms with Crippen molar-refractivity contribution in [2.45, 2.75) is 36.7 Å². The van der Waals surface area contributed by atoms with Crippen molar-refractivity contribution < 1.29 is 23.1 Å². The molecule has 37 heavy (non-hydrogen) atoms. The van der Waals surface area contributed by atoms with E-state index in [0.717, 1.165) is 11.1 Å². The van der Waals surface area contributed by atoms with Gasteiger partial charge in [-0.05, 0) is 59.5 Å². The summed E-state index contributed by atoms with van der Waals surface area (Å²) >= 11 is 12.5. The zero-order chi connectivity index (χ0) is 26.6. The van der Waals surface area contributed by atoms with Gasteiger partial charge in [-0.15, -0.1) is 23.2 Å². The van der Waals surface area contributed by atoms with Crippen LogP contribution in [0.4, 0.5) is 0 Å². The summed E-state index contributed by atoms with van der Waals surface area (Å²) in [5, 5.41) is 10.1. The molecule has 1 aromatic heterocycles. The molecule has 192 valence electrons. The van der Waals surface area contributed by atoms with E-state index in [2.05, 4.69) is 9.71 Å². The van der Waals surface area contributed by atoms with Crippen LogP contribution in [0.3, 0.4) is 0 Å². The van der Waals surface area contributed by atoms with E-state index in [1.807, 2.05) is 37.3 Å². The van der Waals surface area contributed by atoms with Crippen molar-refractivity contribution in [3.8, 4) is 5.75 Å². The number of aryl methyl sites for hydroxylation is 1. The molecule has 2 N–H and O–H groups in total. The van der Waals surface area contributed by atoms with Crippen molar-refractivity contribution in [1.82, 2.24) is 9.71 Å². The number of sulfonamides is 1. The van der Waals surface area contributed by atoms with Crippen molar-refractivity contribution in [1.29, 1.82) is 0 Å². The van der Waals surface area contributed by atoms with Crippen LogP contribution in [0.25, 0.3) is 10.9 Å². The van der Waals surface area contributed by atoms with Gasteiger partial charge in [0.05, 0.1) is 10.5 Å². The number of carboxylic acids is 1. The maximum atomic E-state index is 13.3. The SMILES string of the molecule is Cc1ccc2cccc(OCc3c(CCl)ccc(S(=O)(=O)NCc4cccc(C(=O)O)c4)c3CCl)c2n1. The lowest BCUT2D eigenvalue weighted by Gasteiger charge is -2.18. The number of pyridine rings is 1. The van der Waals surface area contributed by atoms with E-state index in [1.54, 1.807) is 18.2 Å². The van der Waals surface area contributed by atoms with Gasteiger partial charge in [0.2, 0.25) is 10.0 Å². The first-order valence-electron chi connectivity index (χ1n) is 11.3. The van der Waals surface area contributed by atoms with Crippen LogP contribution in [0.5, 0.6) is 5.75 Å². The van der Waals surface area contributed by atoms with Gasteiger partial charge in [-0.2, -0.15) is 0 Å². The fraction of sp³-hybridized carbons (Fsp3) is 0.185. The van der Waals surface area contributed by atoms with Crippen LogP contribution in [0.2, 0.25) is 0 Å². The number of benzene rings is 3. The standard InChI is InChI=1S/C27H24Cl2N2O5S/c1-17-8-9-19-5-3-7-24(26(19)31-17)36-16-23-21(13-28)10-11-25(22(23)14-29)37(34,35)30-15-18-4-2-6-20(12-18)27(32)33/h2-12,30H,13-16H2,1H3,(H,32,33). The van der Waals surface area contributed by atoms with Gasteiger partial charge in [0.15, 0.2) is 0 Å². The maximum Gasteiger partial charge on any atom is 0.335 e. The third-order valence-electron chi connectivity index (χ3n) is 5.89. The lowest BCUT2D eigenvalue weighted by molar-refractivity contribution is 0.0696. The molecule has 0 unspecified atom stereocenters. The highest BCUT2D eigenvalue weighted by Crippen LogP contribution is 2.30. The summed E-state index contributed by atoms with van der Waals surface area (Å²) in [7, 11) is -4.00. The first-order chi connectivity index (χ1) is 17.7. The predicted molar refractivity (Wildman–Crippen MR) is 144 cm³/mol. The Balaban J connectivity index is 1.64. The van der Waals surface area contributed by atoms with Gasteiger partial charge in [0.25, 0.3) is 0 Å². The second kappa shape index (κ2) is 11.5. The second-order valence-electron chi connectivity index (χ2n) is 8.35. The molecule has 0 saturated carbocycles. The molecule has 0 radical (unpaired) electrons. The molecule has 0 spiro atoms. The Kier molecular flexibility index (Phi) is 8.34. The largest absolute Gasteiger partial charge is 0.487 e. The first-order valence-corrected chi connectivity index (χ1v) is 13.9. The average Bonchev–Trinajstić information content (AvgIpc) is 2.90. The zero-order valence-electron chi connectivity index (χ0n) is 19.9. The van der Waals surface area contributed by atoms with E-state index in [-0.39, 0.29) is 35.4 Å². The molecule has 10 heteroatoms. The molecule has 4 rings (SSSR count). The van der Waals surface area contributed by atoms with E-state index in [1.165, 1.54) is 18.2 Å². The van der Waals surface area contributed by atoms with E-state index in [9.17, 15) is 18.3 Å². The monoisotopic (exact) mass is 558 g/mol. The normalized spacial score (nSPS) is 11.5. The molecular formula is C27H24Cl2N2O5S. The summed E-state index contributed by atoms with van der Waals surface area (Å²) in [5.41, 5.74) is 3.81. The number of aromatic nitrogens is 1. The lowest BCUT2D eigenvalue weighted by Crippen LogP contribution is -2.25. The molecule has 3 aromatic carbocycles. The topological polar surface area (TPSA) is 106 Å².